The van der Waals surface area contributed by atoms with Gasteiger partial charge in [0.05, 0.1) is 12.2 Å². The zero-order valence-corrected chi connectivity index (χ0v) is 13.1. The van der Waals surface area contributed by atoms with Crippen LogP contribution in [0.15, 0.2) is 12.1 Å². The predicted octanol–water partition coefficient (Wildman–Crippen LogP) is 1.50. The lowest BCUT2D eigenvalue weighted by Crippen LogP contribution is -2.51. The summed E-state index contributed by atoms with van der Waals surface area (Å²) in [6, 6.07) is 3.94. The summed E-state index contributed by atoms with van der Waals surface area (Å²) >= 11 is 1.61. The summed E-state index contributed by atoms with van der Waals surface area (Å²) in [6.07, 6.45) is -0.131. The first kappa shape index (κ1) is 14.9. The molecule has 0 spiro atoms. The fourth-order valence-corrected chi connectivity index (χ4v) is 4.41. The van der Waals surface area contributed by atoms with E-state index in [-0.39, 0.29) is 12.2 Å². The summed E-state index contributed by atoms with van der Waals surface area (Å²) in [5.41, 5.74) is 0. The van der Waals surface area contributed by atoms with Crippen LogP contribution in [0, 0.1) is 6.92 Å². The predicted molar refractivity (Wildman–Crippen MR) is 76.4 cm³/mol. The van der Waals surface area contributed by atoms with Gasteiger partial charge in [-0.15, -0.1) is 11.3 Å². The van der Waals surface area contributed by atoms with Crippen LogP contribution < -0.4 is 4.72 Å². The number of hydrogen-bond donors (Lipinski definition) is 1. The number of ether oxygens (including phenoxy) is 1. The van der Waals surface area contributed by atoms with E-state index in [1.165, 1.54) is 9.18 Å². The first-order valence-electron chi connectivity index (χ1n) is 6.32. The lowest BCUT2D eigenvalue weighted by molar-refractivity contribution is -0.0444. The number of nitrogens with zero attached hydrogens (tertiary/aromatic N) is 1. The molecule has 5 nitrogen and oxygen atoms in total. The number of thiophene rings is 1. The lowest BCUT2D eigenvalue weighted by atomic mass is 10.3. The third kappa shape index (κ3) is 4.00. The highest BCUT2D eigenvalue weighted by atomic mass is 32.2. The van der Waals surface area contributed by atoms with Gasteiger partial charge in [0.1, 0.15) is 0 Å². The zero-order valence-electron chi connectivity index (χ0n) is 11.4. The molecule has 2 heterocycles. The fraction of sp³-hybridized carbons (Fsp3) is 0.667. The summed E-state index contributed by atoms with van der Waals surface area (Å²) in [5.74, 6) is 0. The van der Waals surface area contributed by atoms with Crippen LogP contribution in [0.3, 0.4) is 0 Å². The summed E-state index contributed by atoms with van der Waals surface area (Å²) in [4.78, 5) is 2.21. The topological polar surface area (TPSA) is 58.6 Å². The molecule has 0 aromatic carbocycles. The van der Waals surface area contributed by atoms with Gasteiger partial charge < -0.3 is 4.74 Å². The Morgan fingerprint density at radius 1 is 1.37 bits per heavy atom. The van der Waals surface area contributed by atoms with Crippen molar-refractivity contribution in [2.24, 2.45) is 0 Å². The molecule has 2 atom stereocenters. The second-order valence-electron chi connectivity index (χ2n) is 4.91. The number of aryl methyl sites for hydroxylation is 1. The number of rotatable bonds is 4. The Hall–Kier alpha value is -0.470. The van der Waals surface area contributed by atoms with E-state index < -0.39 is 10.2 Å². The maximum atomic E-state index is 12.2. The van der Waals surface area contributed by atoms with Gasteiger partial charge in [-0.05, 0) is 32.9 Å². The van der Waals surface area contributed by atoms with E-state index in [0.29, 0.717) is 19.6 Å². The van der Waals surface area contributed by atoms with E-state index in [1.54, 1.807) is 11.3 Å². The van der Waals surface area contributed by atoms with Crippen molar-refractivity contribution < 1.29 is 13.2 Å². The molecule has 0 bridgehead atoms. The van der Waals surface area contributed by atoms with Crippen molar-refractivity contribution in [1.82, 2.24) is 9.03 Å². The van der Waals surface area contributed by atoms with Crippen LogP contribution in [0.1, 0.15) is 23.6 Å². The van der Waals surface area contributed by atoms with E-state index in [0.717, 1.165) is 4.88 Å². The van der Waals surface area contributed by atoms with Crippen LogP contribution in [-0.4, -0.2) is 38.0 Å². The van der Waals surface area contributed by atoms with Gasteiger partial charge in [0.2, 0.25) is 0 Å². The molecule has 0 radical (unpaired) electrons. The number of morpholine rings is 1. The molecular weight excluding hydrogens is 284 g/mol. The van der Waals surface area contributed by atoms with Gasteiger partial charge >= 0.3 is 0 Å². The molecule has 0 saturated carbocycles. The third-order valence-electron chi connectivity index (χ3n) is 2.95. The SMILES string of the molecule is Cc1ccc(CNS(=O)(=O)N2CC(C)OC(C)C2)s1. The van der Waals surface area contributed by atoms with Gasteiger partial charge in [-0.25, -0.2) is 0 Å². The molecule has 1 aliphatic rings. The lowest BCUT2D eigenvalue weighted by Gasteiger charge is -2.34. The van der Waals surface area contributed by atoms with Gasteiger partial charge in [0, 0.05) is 29.4 Å². The van der Waals surface area contributed by atoms with Crippen LogP contribution >= 0.6 is 11.3 Å². The third-order valence-corrected chi connectivity index (χ3v) is 5.44. The Kier molecular flexibility index (Phi) is 4.62. The molecule has 2 unspecified atom stereocenters. The second kappa shape index (κ2) is 5.88. The van der Waals surface area contributed by atoms with Crippen molar-refractivity contribution in [2.45, 2.75) is 39.5 Å². The van der Waals surface area contributed by atoms with Crippen LogP contribution in [-0.2, 0) is 21.5 Å². The molecule has 19 heavy (non-hydrogen) atoms. The Morgan fingerprint density at radius 2 is 2.00 bits per heavy atom. The minimum Gasteiger partial charge on any atom is -0.373 e. The van der Waals surface area contributed by atoms with Crippen LogP contribution in [0.2, 0.25) is 0 Å². The quantitative estimate of drug-likeness (QED) is 0.917. The summed E-state index contributed by atoms with van der Waals surface area (Å²) in [5, 5.41) is 0. The van der Waals surface area contributed by atoms with Crippen molar-refractivity contribution in [3.63, 3.8) is 0 Å². The van der Waals surface area contributed by atoms with Crippen LogP contribution in [0.4, 0.5) is 0 Å². The maximum Gasteiger partial charge on any atom is 0.279 e. The molecule has 1 aliphatic heterocycles. The van der Waals surface area contributed by atoms with E-state index in [2.05, 4.69) is 4.72 Å². The van der Waals surface area contributed by atoms with E-state index in [9.17, 15) is 8.42 Å². The summed E-state index contributed by atoms with van der Waals surface area (Å²) in [6.45, 7) is 6.95. The van der Waals surface area contributed by atoms with Gasteiger partial charge in [-0.3, -0.25) is 0 Å². The standard InChI is InChI=1S/C12H20N2O3S2/c1-9-7-14(8-10(2)17-9)19(15,16)13-6-12-5-4-11(3)18-12/h4-5,9-10,13H,6-8H2,1-3H3. The largest absolute Gasteiger partial charge is 0.373 e. The highest BCUT2D eigenvalue weighted by Crippen LogP contribution is 2.17. The van der Waals surface area contributed by atoms with Gasteiger partial charge in [-0.1, -0.05) is 0 Å². The first-order valence-corrected chi connectivity index (χ1v) is 8.58. The van der Waals surface area contributed by atoms with E-state index in [4.69, 9.17) is 4.74 Å². The Balaban J connectivity index is 1.97. The Bertz CT molecular complexity index is 517. The van der Waals surface area contributed by atoms with Crippen molar-refractivity contribution >= 4 is 21.5 Å². The monoisotopic (exact) mass is 304 g/mol. The van der Waals surface area contributed by atoms with E-state index in [1.807, 2.05) is 32.9 Å². The van der Waals surface area contributed by atoms with Crippen molar-refractivity contribution in [3.8, 4) is 0 Å². The highest BCUT2D eigenvalue weighted by molar-refractivity contribution is 7.87. The molecule has 1 saturated heterocycles. The molecule has 1 aromatic rings. The summed E-state index contributed by atoms with van der Waals surface area (Å²) < 4.78 is 34.1. The minimum absolute atomic E-state index is 0.0655. The molecule has 1 aromatic heterocycles. The molecule has 1 fully saturated rings. The Morgan fingerprint density at radius 3 is 2.53 bits per heavy atom. The van der Waals surface area contributed by atoms with E-state index >= 15 is 0 Å². The maximum absolute atomic E-state index is 12.2. The number of nitrogens with one attached hydrogen (secondary N) is 1. The van der Waals surface area contributed by atoms with Crippen LogP contribution in [0.25, 0.3) is 0 Å². The first-order chi connectivity index (χ1) is 8.87. The smallest absolute Gasteiger partial charge is 0.279 e. The normalized spacial score (nSPS) is 25.6. The molecule has 7 heteroatoms. The zero-order chi connectivity index (χ0) is 14.0. The van der Waals surface area contributed by atoms with Crippen molar-refractivity contribution in [1.29, 1.82) is 0 Å². The van der Waals surface area contributed by atoms with Crippen molar-refractivity contribution in [2.75, 3.05) is 13.1 Å². The average molecular weight is 304 g/mol. The number of hydrogen-bond acceptors (Lipinski definition) is 4. The Labute approximate surface area is 118 Å². The van der Waals surface area contributed by atoms with Gasteiger partial charge in [-0.2, -0.15) is 17.4 Å². The molecule has 108 valence electrons. The second-order valence-corrected chi connectivity index (χ2v) is 8.04. The van der Waals surface area contributed by atoms with Crippen molar-refractivity contribution in [3.05, 3.63) is 21.9 Å². The summed E-state index contributed by atoms with van der Waals surface area (Å²) in [7, 11) is -3.43. The average Bonchev–Trinajstić information content (AvgIpc) is 2.71. The van der Waals surface area contributed by atoms with Gasteiger partial charge in [0.25, 0.3) is 10.2 Å². The minimum atomic E-state index is -3.43. The van der Waals surface area contributed by atoms with Crippen LogP contribution in [0.5, 0.6) is 0 Å². The fourth-order valence-electron chi connectivity index (χ4n) is 2.16. The van der Waals surface area contributed by atoms with Gasteiger partial charge in [0.15, 0.2) is 0 Å². The molecule has 1 N–H and O–H groups in total. The molecule has 0 amide bonds. The highest BCUT2D eigenvalue weighted by Gasteiger charge is 2.30. The molecule has 2 rings (SSSR count). The molecular formula is C12H20N2O3S2. The molecule has 0 aliphatic carbocycles.